The Morgan fingerprint density at radius 2 is 1.71 bits per heavy atom. The van der Waals surface area contributed by atoms with E-state index in [1.54, 1.807) is 0 Å². The van der Waals surface area contributed by atoms with Gasteiger partial charge in [-0.05, 0) is 68.1 Å². The molecule has 5 aliphatic carbocycles. The van der Waals surface area contributed by atoms with Crippen LogP contribution in [0.4, 0.5) is 0 Å². The second-order valence-electron chi connectivity index (χ2n) is 9.50. The lowest BCUT2D eigenvalue weighted by atomic mass is 9.43. The molecule has 5 rings (SSSR count). The fraction of sp³-hybridized carbons (Fsp3) is 0.944. The van der Waals surface area contributed by atoms with E-state index >= 15 is 0 Å². The van der Waals surface area contributed by atoms with E-state index in [0.29, 0.717) is 29.3 Å². The van der Waals surface area contributed by atoms with Gasteiger partial charge in [-0.1, -0.05) is 13.8 Å². The van der Waals surface area contributed by atoms with E-state index in [9.17, 15) is 4.79 Å². The highest BCUT2D eigenvalue weighted by molar-refractivity contribution is 5.78. The van der Waals surface area contributed by atoms with Gasteiger partial charge in [-0.25, -0.2) is 0 Å². The third-order valence-electron chi connectivity index (χ3n) is 6.73. The summed E-state index contributed by atoms with van der Waals surface area (Å²) in [7, 11) is 1.98. The molecule has 0 saturated heterocycles. The summed E-state index contributed by atoms with van der Waals surface area (Å²) in [5, 5.41) is 3.75. The lowest BCUT2D eigenvalue weighted by Crippen LogP contribution is -2.65. The van der Waals surface area contributed by atoms with Crippen LogP contribution in [0.5, 0.6) is 0 Å². The summed E-state index contributed by atoms with van der Waals surface area (Å²) in [6.07, 6.45) is 10.5. The SMILES string of the molecule is CN(C(=O)CNC12CC3CC(C)(CC(C)(C3)C1)C2)C1CC1. The highest BCUT2D eigenvalue weighted by Gasteiger charge is 2.59. The van der Waals surface area contributed by atoms with Crippen molar-refractivity contribution in [1.29, 1.82) is 0 Å². The Kier molecular flexibility index (Phi) is 2.84. The van der Waals surface area contributed by atoms with Crippen LogP contribution in [0.25, 0.3) is 0 Å². The first-order valence-electron chi connectivity index (χ1n) is 8.81. The molecule has 3 nitrogen and oxygen atoms in total. The number of nitrogens with zero attached hydrogens (tertiary/aromatic N) is 1. The fourth-order valence-corrected chi connectivity index (χ4v) is 6.70. The Morgan fingerprint density at radius 1 is 1.10 bits per heavy atom. The molecule has 0 heterocycles. The summed E-state index contributed by atoms with van der Waals surface area (Å²) in [6.45, 7) is 5.53. The molecule has 2 unspecified atom stereocenters. The summed E-state index contributed by atoms with van der Waals surface area (Å²) in [5.74, 6) is 1.18. The van der Waals surface area contributed by atoms with Gasteiger partial charge in [0.2, 0.25) is 5.91 Å². The van der Waals surface area contributed by atoms with Gasteiger partial charge in [0.05, 0.1) is 6.54 Å². The molecule has 0 aromatic carbocycles. The number of carbonyl (C=O) groups is 1. The molecule has 0 aliphatic heterocycles. The van der Waals surface area contributed by atoms with Crippen LogP contribution in [-0.4, -0.2) is 36.0 Å². The Hall–Kier alpha value is -0.570. The minimum atomic E-state index is 0.253. The summed E-state index contributed by atoms with van der Waals surface area (Å²) in [5.41, 5.74) is 1.29. The molecule has 0 aromatic rings. The summed E-state index contributed by atoms with van der Waals surface area (Å²) in [4.78, 5) is 14.3. The Balaban J connectivity index is 1.45. The molecule has 5 saturated carbocycles. The zero-order valence-corrected chi connectivity index (χ0v) is 13.9. The molecule has 3 heteroatoms. The van der Waals surface area contributed by atoms with Gasteiger partial charge in [0.1, 0.15) is 0 Å². The molecule has 1 amide bonds. The van der Waals surface area contributed by atoms with E-state index in [1.165, 1.54) is 51.4 Å². The first-order chi connectivity index (χ1) is 9.81. The Morgan fingerprint density at radius 3 is 2.24 bits per heavy atom. The topological polar surface area (TPSA) is 32.3 Å². The van der Waals surface area contributed by atoms with Crippen molar-refractivity contribution in [3.63, 3.8) is 0 Å². The van der Waals surface area contributed by atoms with Crippen LogP contribution in [0.3, 0.4) is 0 Å². The molecule has 0 aromatic heterocycles. The molecule has 0 spiro atoms. The zero-order valence-electron chi connectivity index (χ0n) is 13.9. The van der Waals surface area contributed by atoms with E-state index in [4.69, 9.17) is 0 Å². The third kappa shape index (κ3) is 2.42. The van der Waals surface area contributed by atoms with Crippen molar-refractivity contribution in [3.8, 4) is 0 Å². The van der Waals surface area contributed by atoms with Crippen LogP contribution >= 0.6 is 0 Å². The van der Waals surface area contributed by atoms with Gasteiger partial charge in [0.15, 0.2) is 0 Å². The van der Waals surface area contributed by atoms with Crippen LogP contribution in [0.2, 0.25) is 0 Å². The van der Waals surface area contributed by atoms with Crippen LogP contribution in [0.15, 0.2) is 0 Å². The predicted octanol–water partition coefficient (Wildman–Crippen LogP) is 2.95. The van der Waals surface area contributed by atoms with E-state index in [0.717, 1.165) is 5.92 Å². The average Bonchev–Trinajstić information content (AvgIpc) is 3.14. The maximum absolute atomic E-state index is 12.3. The monoisotopic (exact) mass is 290 g/mol. The van der Waals surface area contributed by atoms with Crippen LogP contribution in [-0.2, 0) is 4.79 Å². The zero-order chi connectivity index (χ0) is 14.9. The second kappa shape index (κ2) is 4.24. The lowest BCUT2D eigenvalue weighted by molar-refractivity contribution is -0.135. The van der Waals surface area contributed by atoms with Gasteiger partial charge in [0.25, 0.3) is 0 Å². The summed E-state index contributed by atoms with van der Waals surface area (Å²) >= 11 is 0. The highest BCUT2D eigenvalue weighted by atomic mass is 16.2. The van der Waals surface area contributed by atoms with Gasteiger partial charge < -0.3 is 10.2 Å². The quantitative estimate of drug-likeness (QED) is 0.863. The fourth-order valence-electron chi connectivity index (χ4n) is 6.70. The van der Waals surface area contributed by atoms with Crippen molar-refractivity contribution < 1.29 is 4.79 Å². The average molecular weight is 290 g/mol. The van der Waals surface area contributed by atoms with Crippen molar-refractivity contribution in [1.82, 2.24) is 10.2 Å². The predicted molar refractivity (Wildman–Crippen MR) is 83.9 cm³/mol. The van der Waals surface area contributed by atoms with Crippen molar-refractivity contribution in [3.05, 3.63) is 0 Å². The number of carbonyl (C=O) groups excluding carboxylic acids is 1. The first kappa shape index (κ1) is 14.0. The molecule has 5 fully saturated rings. The molecule has 4 bridgehead atoms. The molecular weight excluding hydrogens is 260 g/mol. The molecule has 2 atom stereocenters. The van der Waals surface area contributed by atoms with Crippen LogP contribution in [0, 0.1) is 16.7 Å². The smallest absolute Gasteiger partial charge is 0.236 e. The van der Waals surface area contributed by atoms with Crippen LogP contribution < -0.4 is 5.32 Å². The van der Waals surface area contributed by atoms with Crippen molar-refractivity contribution in [2.45, 2.75) is 76.8 Å². The van der Waals surface area contributed by atoms with Crippen LogP contribution in [0.1, 0.15) is 65.2 Å². The van der Waals surface area contributed by atoms with E-state index in [-0.39, 0.29) is 5.54 Å². The Labute approximate surface area is 128 Å². The van der Waals surface area contributed by atoms with Crippen molar-refractivity contribution >= 4 is 5.91 Å². The molecular formula is C18H30N2O. The van der Waals surface area contributed by atoms with E-state index in [1.807, 2.05) is 11.9 Å². The van der Waals surface area contributed by atoms with Gasteiger partial charge in [-0.2, -0.15) is 0 Å². The maximum atomic E-state index is 12.3. The maximum Gasteiger partial charge on any atom is 0.236 e. The molecule has 0 radical (unpaired) electrons. The summed E-state index contributed by atoms with van der Waals surface area (Å²) in [6, 6.07) is 0.533. The molecule has 21 heavy (non-hydrogen) atoms. The van der Waals surface area contributed by atoms with E-state index in [2.05, 4.69) is 19.2 Å². The minimum Gasteiger partial charge on any atom is -0.342 e. The number of rotatable bonds is 4. The molecule has 5 aliphatic rings. The number of likely N-dealkylation sites (N-methyl/N-ethyl adjacent to an activating group) is 1. The number of hydrogen-bond acceptors (Lipinski definition) is 2. The number of amides is 1. The van der Waals surface area contributed by atoms with Crippen molar-refractivity contribution in [2.75, 3.05) is 13.6 Å². The largest absolute Gasteiger partial charge is 0.342 e. The number of hydrogen-bond donors (Lipinski definition) is 1. The van der Waals surface area contributed by atoms with Gasteiger partial charge >= 0.3 is 0 Å². The van der Waals surface area contributed by atoms with Gasteiger partial charge in [-0.3, -0.25) is 4.79 Å². The third-order valence-corrected chi connectivity index (χ3v) is 6.73. The molecule has 118 valence electrons. The molecule has 1 N–H and O–H groups in total. The number of nitrogens with one attached hydrogen (secondary N) is 1. The lowest BCUT2D eigenvalue weighted by Gasteiger charge is -2.65. The minimum absolute atomic E-state index is 0.253. The second-order valence-corrected chi connectivity index (χ2v) is 9.50. The van der Waals surface area contributed by atoms with Crippen molar-refractivity contribution in [2.24, 2.45) is 16.7 Å². The van der Waals surface area contributed by atoms with Gasteiger partial charge in [0, 0.05) is 18.6 Å². The standard InChI is InChI=1S/C18H30N2O/c1-16-6-13-7-17(2,10-16)12-18(8-13,11-16)19-9-15(21)20(3)14-4-5-14/h13-14,19H,4-12H2,1-3H3. The highest BCUT2D eigenvalue weighted by Crippen LogP contribution is 2.66. The normalized spacial score (nSPS) is 47.7. The summed E-state index contributed by atoms with van der Waals surface area (Å²) < 4.78 is 0. The van der Waals surface area contributed by atoms with Gasteiger partial charge in [-0.15, -0.1) is 0 Å². The first-order valence-corrected chi connectivity index (χ1v) is 8.81. The van der Waals surface area contributed by atoms with E-state index < -0.39 is 0 Å². The Bertz CT molecular complexity index is 452.